The number of furan rings is 1. The Labute approximate surface area is 132 Å². The van der Waals surface area contributed by atoms with E-state index in [0.717, 1.165) is 11.5 Å². The first-order chi connectivity index (χ1) is 11.3. The van der Waals surface area contributed by atoms with Crippen molar-refractivity contribution in [2.24, 2.45) is 0 Å². The molecule has 3 heterocycles. The first-order valence-corrected chi connectivity index (χ1v) is 7.09. The van der Waals surface area contributed by atoms with Crippen molar-refractivity contribution in [2.45, 2.75) is 13.1 Å². The molecule has 7 heteroatoms. The zero-order chi connectivity index (χ0) is 15.9. The highest BCUT2D eigenvalue weighted by Crippen LogP contribution is 2.05. The zero-order valence-electron chi connectivity index (χ0n) is 12.3. The van der Waals surface area contributed by atoms with E-state index in [4.69, 9.17) is 4.42 Å². The molecule has 0 fully saturated rings. The van der Waals surface area contributed by atoms with Crippen molar-refractivity contribution < 1.29 is 9.21 Å². The molecule has 23 heavy (non-hydrogen) atoms. The third kappa shape index (κ3) is 4.13. The molecule has 0 aliphatic carbocycles. The van der Waals surface area contributed by atoms with Gasteiger partial charge < -0.3 is 15.1 Å². The smallest absolute Gasteiger partial charge is 0.270 e. The van der Waals surface area contributed by atoms with Gasteiger partial charge in [-0.2, -0.15) is 0 Å². The first-order valence-electron chi connectivity index (χ1n) is 7.09. The molecule has 0 radical (unpaired) electrons. The van der Waals surface area contributed by atoms with E-state index in [1.165, 1.54) is 6.20 Å². The van der Waals surface area contributed by atoms with E-state index in [-0.39, 0.29) is 11.6 Å². The van der Waals surface area contributed by atoms with Crippen LogP contribution >= 0.6 is 0 Å². The number of aromatic nitrogens is 3. The van der Waals surface area contributed by atoms with Gasteiger partial charge in [0.15, 0.2) is 0 Å². The van der Waals surface area contributed by atoms with E-state index in [1.54, 1.807) is 24.6 Å². The van der Waals surface area contributed by atoms with Gasteiger partial charge in [0, 0.05) is 12.4 Å². The third-order valence-corrected chi connectivity index (χ3v) is 3.05. The molecule has 0 spiro atoms. The van der Waals surface area contributed by atoms with Crippen LogP contribution in [0.2, 0.25) is 0 Å². The number of hydrogen-bond acceptors (Lipinski definition) is 6. The Morgan fingerprint density at radius 1 is 1.04 bits per heavy atom. The Bertz CT molecular complexity index is 759. The first kappa shape index (κ1) is 14.7. The lowest BCUT2D eigenvalue weighted by Gasteiger charge is -2.06. The molecular formula is C16H15N5O2. The number of rotatable bonds is 6. The van der Waals surface area contributed by atoms with Gasteiger partial charge in [0.1, 0.15) is 11.5 Å². The summed E-state index contributed by atoms with van der Waals surface area (Å²) in [4.78, 5) is 24.5. The van der Waals surface area contributed by atoms with Crippen LogP contribution in [0.5, 0.6) is 0 Å². The molecule has 0 aliphatic rings. The van der Waals surface area contributed by atoms with E-state index < -0.39 is 0 Å². The molecule has 7 nitrogen and oxygen atoms in total. The Morgan fingerprint density at radius 2 is 2.00 bits per heavy atom. The topological polar surface area (TPSA) is 92.9 Å². The fourth-order valence-electron chi connectivity index (χ4n) is 1.91. The molecule has 1 amide bonds. The lowest BCUT2D eigenvalue weighted by atomic mass is 10.3. The van der Waals surface area contributed by atoms with Crippen LogP contribution in [-0.2, 0) is 13.1 Å². The number of anilines is 1. The average molecular weight is 309 g/mol. The van der Waals surface area contributed by atoms with Gasteiger partial charge in [0.25, 0.3) is 5.91 Å². The van der Waals surface area contributed by atoms with Crippen molar-refractivity contribution >= 4 is 11.9 Å². The summed E-state index contributed by atoms with van der Waals surface area (Å²) in [5, 5.41) is 5.78. The molecular weight excluding hydrogens is 294 g/mol. The lowest BCUT2D eigenvalue weighted by Crippen LogP contribution is -2.24. The van der Waals surface area contributed by atoms with Crippen LogP contribution in [0.1, 0.15) is 21.9 Å². The van der Waals surface area contributed by atoms with Crippen molar-refractivity contribution in [3.63, 3.8) is 0 Å². The Kier molecular flexibility index (Phi) is 4.58. The fourth-order valence-corrected chi connectivity index (χ4v) is 1.91. The maximum atomic E-state index is 12.1. The molecule has 3 rings (SSSR count). The number of pyridine rings is 1. The monoisotopic (exact) mass is 309 g/mol. The van der Waals surface area contributed by atoms with Crippen LogP contribution in [0.4, 0.5) is 5.95 Å². The number of amides is 1. The van der Waals surface area contributed by atoms with Gasteiger partial charge in [-0.05, 0) is 30.3 Å². The molecule has 3 aromatic heterocycles. The van der Waals surface area contributed by atoms with Crippen LogP contribution in [0.25, 0.3) is 0 Å². The molecule has 0 saturated carbocycles. The highest BCUT2D eigenvalue weighted by atomic mass is 16.3. The third-order valence-electron chi connectivity index (χ3n) is 3.05. The van der Waals surface area contributed by atoms with Gasteiger partial charge in [-0.1, -0.05) is 6.07 Å². The zero-order valence-corrected chi connectivity index (χ0v) is 12.3. The van der Waals surface area contributed by atoms with E-state index >= 15 is 0 Å². The van der Waals surface area contributed by atoms with Crippen LogP contribution in [0.3, 0.4) is 0 Å². The fraction of sp³-hybridized carbons (Fsp3) is 0.125. The van der Waals surface area contributed by atoms with Gasteiger partial charge in [-0.25, -0.2) is 9.97 Å². The van der Waals surface area contributed by atoms with Crippen molar-refractivity contribution in [3.8, 4) is 0 Å². The molecule has 2 N–H and O–H groups in total. The summed E-state index contributed by atoms with van der Waals surface area (Å²) in [6.45, 7) is 0.796. The number of carbonyl (C=O) groups is 1. The summed E-state index contributed by atoms with van der Waals surface area (Å²) < 4.78 is 5.22. The summed E-state index contributed by atoms with van der Waals surface area (Å²) in [6, 6.07) is 10.8. The second kappa shape index (κ2) is 7.17. The van der Waals surface area contributed by atoms with Gasteiger partial charge >= 0.3 is 0 Å². The van der Waals surface area contributed by atoms with Crippen LogP contribution in [0, 0.1) is 0 Å². The van der Waals surface area contributed by atoms with Gasteiger partial charge in [0.2, 0.25) is 5.95 Å². The van der Waals surface area contributed by atoms with E-state index in [0.29, 0.717) is 19.0 Å². The molecule has 0 saturated heterocycles. The minimum Gasteiger partial charge on any atom is -0.467 e. The molecule has 0 atom stereocenters. The largest absolute Gasteiger partial charge is 0.467 e. The molecule has 0 bridgehead atoms. The van der Waals surface area contributed by atoms with Crippen LogP contribution < -0.4 is 10.6 Å². The summed E-state index contributed by atoms with van der Waals surface area (Å²) in [6.07, 6.45) is 4.81. The molecule has 0 aliphatic heterocycles. The van der Waals surface area contributed by atoms with Crippen molar-refractivity contribution in [1.82, 2.24) is 20.3 Å². The van der Waals surface area contributed by atoms with Crippen LogP contribution in [0.15, 0.2) is 59.5 Å². The Hall–Kier alpha value is -3.22. The second-order valence-corrected chi connectivity index (χ2v) is 4.70. The number of nitrogens with one attached hydrogen (secondary N) is 2. The minimum atomic E-state index is -0.279. The van der Waals surface area contributed by atoms with Crippen molar-refractivity contribution in [2.75, 3.05) is 5.32 Å². The number of hydrogen-bond donors (Lipinski definition) is 2. The van der Waals surface area contributed by atoms with Gasteiger partial charge in [-0.15, -0.1) is 0 Å². The quantitative estimate of drug-likeness (QED) is 0.723. The van der Waals surface area contributed by atoms with Crippen LogP contribution in [-0.4, -0.2) is 20.9 Å². The highest BCUT2D eigenvalue weighted by molar-refractivity contribution is 5.92. The van der Waals surface area contributed by atoms with Crippen molar-refractivity contribution in [3.05, 3.63) is 72.2 Å². The molecule has 3 aromatic rings. The minimum absolute atomic E-state index is 0.279. The van der Waals surface area contributed by atoms with Gasteiger partial charge in [-0.3, -0.25) is 9.78 Å². The number of nitrogens with zero attached hydrogens (tertiary/aromatic N) is 3. The summed E-state index contributed by atoms with van der Waals surface area (Å²) in [5.74, 6) is 0.851. The summed E-state index contributed by atoms with van der Waals surface area (Å²) in [5.41, 5.74) is 1.07. The SMILES string of the molecule is O=C(NCc1ccccn1)c1ccnc(NCc2ccco2)n1. The molecule has 0 aromatic carbocycles. The normalized spacial score (nSPS) is 10.3. The maximum absolute atomic E-state index is 12.1. The highest BCUT2D eigenvalue weighted by Gasteiger charge is 2.09. The summed E-state index contributed by atoms with van der Waals surface area (Å²) >= 11 is 0. The Morgan fingerprint density at radius 3 is 2.78 bits per heavy atom. The predicted octanol–water partition coefficient (Wildman–Crippen LogP) is 2.01. The Balaban J connectivity index is 1.58. The summed E-state index contributed by atoms with van der Waals surface area (Å²) in [7, 11) is 0. The lowest BCUT2D eigenvalue weighted by molar-refractivity contribution is 0.0945. The van der Waals surface area contributed by atoms with E-state index in [9.17, 15) is 4.79 Å². The van der Waals surface area contributed by atoms with E-state index in [2.05, 4.69) is 25.6 Å². The maximum Gasteiger partial charge on any atom is 0.270 e. The van der Waals surface area contributed by atoms with Gasteiger partial charge in [0.05, 0.1) is 25.0 Å². The number of carbonyl (C=O) groups excluding carboxylic acids is 1. The van der Waals surface area contributed by atoms with Crippen molar-refractivity contribution in [1.29, 1.82) is 0 Å². The molecule has 116 valence electrons. The van der Waals surface area contributed by atoms with E-state index in [1.807, 2.05) is 24.3 Å². The average Bonchev–Trinajstić information content (AvgIpc) is 3.12. The predicted molar refractivity (Wildman–Crippen MR) is 83.5 cm³/mol. The second-order valence-electron chi connectivity index (χ2n) is 4.70. The standard InChI is InChI=1S/C16H15N5O2/c22-15(19-10-12-4-1-2-7-17-12)14-6-8-18-16(21-14)20-11-13-5-3-9-23-13/h1-9H,10-11H2,(H,19,22)(H,18,20,21). The molecule has 0 unspecified atom stereocenters.